The Morgan fingerprint density at radius 3 is 1.91 bits per heavy atom. The molecule has 2 aromatic rings. The third-order valence-corrected chi connectivity index (χ3v) is 3.21. The predicted molar refractivity (Wildman–Crippen MR) is 81.0 cm³/mol. The van der Waals surface area contributed by atoms with Gasteiger partial charge in [0, 0.05) is 28.4 Å². The van der Waals surface area contributed by atoms with E-state index in [9.17, 15) is 25.4 Å². The lowest BCUT2D eigenvalue weighted by Gasteiger charge is -2.02. The number of rotatable bonds is 4. The van der Waals surface area contributed by atoms with Crippen molar-refractivity contribution in [3.63, 3.8) is 0 Å². The summed E-state index contributed by atoms with van der Waals surface area (Å²) in [6.07, 6.45) is 0. The molecule has 0 heterocycles. The lowest BCUT2D eigenvalue weighted by atomic mass is 10.2. The van der Waals surface area contributed by atoms with Crippen LogP contribution in [0.3, 0.4) is 0 Å². The van der Waals surface area contributed by atoms with Crippen molar-refractivity contribution >= 4 is 22.7 Å². The second kappa shape index (κ2) is 6.18. The molecule has 23 heavy (non-hydrogen) atoms. The number of hydrogen-bond acceptors (Lipinski definition) is 6. The molecule has 9 nitrogen and oxygen atoms in total. The number of azo groups is 1. The van der Waals surface area contributed by atoms with Crippen LogP contribution in [0.15, 0.2) is 41.5 Å². The molecule has 0 aliphatic heterocycles. The summed E-state index contributed by atoms with van der Waals surface area (Å²) >= 11 is 0. The fourth-order valence-electron chi connectivity index (χ4n) is 1.93. The zero-order valence-electron chi connectivity index (χ0n) is 12.3. The summed E-state index contributed by atoms with van der Waals surface area (Å²) < 4.78 is 0. The highest BCUT2D eigenvalue weighted by molar-refractivity contribution is 5.51. The minimum atomic E-state index is -0.594. The molecular formula is C14H12N4O5. The van der Waals surface area contributed by atoms with E-state index in [-0.39, 0.29) is 27.6 Å². The second-order valence-corrected chi connectivity index (χ2v) is 4.83. The number of aryl methyl sites for hydroxylation is 2. The molecule has 2 rings (SSSR count). The Morgan fingerprint density at radius 1 is 0.826 bits per heavy atom. The lowest BCUT2D eigenvalue weighted by molar-refractivity contribution is -0.437. The summed E-state index contributed by atoms with van der Waals surface area (Å²) in [5, 5.41) is 37.5. The van der Waals surface area contributed by atoms with Crippen LogP contribution >= 0.6 is 0 Å². The highest BCUT2D eigenvalue weighted by Gasteiger charge is 2.17. The molecule has 0 atom stereocenters. The van der Waals surface area contributed by atoms with Crippen LogP contribution in [0.25, 0.3) is 0 Å². The van der Waals surface area contributed by atoms with Crippen molar-refractivity contribution in [2.45, 2.75) is 13.8 Å². The van der Waals surface area contributed by atoms with Crippen LogP contribution in [0, 0.1) is 39.3 Å². The Balaban J connectivity index is 2.44. The zero-order chi connectivity index (χ0) is 17.1. The molecule has 0 N–H and O–H groups in total. The van der Waals surface area contributed by atoms with Gasteiger partial charge in [-0.3, -0.25) is 20.2 Å². The highest BCUT2D eigenvalue weighted by atomic mass is 16.6. The van der Waals surface area contributed by atoms with Crippen molar-refractivity contribution in [2.24, 2.45) is 5.11 Å². The topological polar surface area (TPSA) is 125 Å². The summed E-state index contributed by atoms with van der Waals surface area (Å²) in [5.41, 5.74) is 0.546. The summed E-state index contributed by atoms with van der Waals surface area (Å²) in [5.74, 6) is 0. The summed E-state index contributed by atoms with van der Waals surface area (Å²) in [7, 11) is 0. The van der Waals surface area contributed by atoms with E-state index in [0.717, 1.165) is 6.07 Å². The van der Waals surface area contributed by atoms with Gasteiger partial charge in [-0.1, -0.05) is 6.07 Å². The largest absolute Gasteiger partial charge is 0.594 e. The molecule has 9 heteroatoms. The Morgan fingerprint density at radius 2 is 1.35 bits per heavy atom. The van der Waals surface area contributed by atoms with Crippen LogP contribution in [-0.4, -0.2) is 14.7 Å². The lowest BCUT2D eigenvalue weighted by Crippen LogP contribution is -1.96. The first kappa shape index (κ1) is 16.0. The monoisotopic (exact) mass is 316 g/mol. The average Bonchev–Trinajstić information content (AvgIpc) is 2.49. The smallest absolute Gasteiger partial charge is 0.279 e. The zero-order valence-corrected chi connectivity index (χ0v) is 12.3. The van der Waals surface area contributed by atoms with Gasteiger partial charge in [-0.25, -0.2) is 0 Å². The van der Waals surface area contributed by atoms with Crippen molar-refractivity contribution in [1.82, 2.24) is 0 Å². The third kappa shape index (κ3) is 3.46. The molecule has 2 aromatic carbocycles. The molecule has 0 radical (unpaired) electrons. The molecule has 0 spiro atoms. The van der Waals surface area contributed by atoms with Crippen molar-refractivity contribution < 1.29 is 14.7 Å². The van der Waals surface area contributed by atoms with Gasteiger partial charge in [-0.05, 0) is 30.8 Å². The van der Waals surface area contributed by atoms with Crippen LogP contribution in [0.4, 0.5) is 22.7 Å². The maximum absolute atomic E-state index is 12.0. The molecule has 0 aliphatic carbocycles. The minimum Gasteiger partial charge on any atom is -0.594 e. The fraction of sp³-hybridized carbons (Fsp3) is 0.143. The number of nitro benzene ring substituents is 2. The SMILES string of the molecule is Cc1ccc(N=[N+]([O-])c2ccc(C)c([N+](=O)[O-])c2)cc1[N+](=O)[O-]. The molecule has 0 aliphatic rings. The average molecular weight is 316 g/mol. The maximum Gasteiger partial charge on any atom is 0.279 e. The van der Waals surface area contributed by atoms with E-state index >= 15 is 0 Å². The first-order valence-electron chi connectivity index (χ1n) is 6.48. The Labute approximate surface area is 130 Å². The van der Waals surface area contributed by atoms with Gasteiger partial charge in [0.25, 0.3) is 17.1 Å². The van der Waals surface area contributed by atoms with Crippen LogP contribution in [0.1, 0.15) is 11.1 Å². The standard InChI is InChI=1S/C14H12N4O5/c1-9-3-5-11(7-13(9)17(20)21)15-16(19)12-6-4-10(2)14(8-12)18(22)23/h3-8H,1-2H3. The van der Waals surface area contributed by atoms with Crippen molar-refractivity contribution in [3.8, 4) is 0 Å². The van der Waals surface area contributed by atoms with E-state index in [1.165, 1.54) is 30.3 Å². The van der Waals surface area contributed by atoms with E-state index < -0.39 is 9.85 Å². The molecule has 0 bridgehead atoms. The second-order valence-electron chi connectivity index (χ2n) is 4.83. The molecule has 0 saturated carbocycles. The predicted octanol–water partition coefficient (Wildman–Crippen LogP) is 4.05. The minimum absolute atomic E-state index is 0.0365. The summed E-state index contributed by atoms with van der Waals surface area (Å²) in [4.78, 5) is 20.8. The first-order valence-corrected chi connectivity index (χ1v) is 6.48. The Bertz CT molecular complexity index is 832. The first-order chi connectivity index (χ1) is 10.8. The van der Waals surface area contributed by atoms with Crippen molar-refractivity contribution in [2.75, 3.05) is 0 Å². The Kier molecular flexibility index (Phi) is 4.30. The van der Waals surface area contributed by atoms with Gasteiger partial charge < -0.3 is 5.21 Å². The number of benzene rings is 2. The van der Waals surface area contributed by atoms with E-state index in [1.807, 2.05) is 0 Å². The van der Waals surface area contributed by atoms with Crippen LogP contribution in [-0.2, 0) is 0 Å². The van der Waals surface area contributed by atoms with E-state index in [1.54, 1.807) is 13.8 Å². The fourth-order valence-corrected chi connectivity index (χ4v) is 1.93. The van der Waals surface area contributed by atoms with Gasteiger partial charge in [0.2, 0.25) is 0 Å². The van der Waals surface area contributed by atoms with Gasteiger partial charge >= 0.3 is 0 Å². The Hall–Kier alpha value is -3.36. The molecule has 0 unspecified atom stereocenters. The van der Waals surface area contributed by atoms with Crippen LogP contribution < -0.4 is 0 Å². The maximum atomic E-state index is 12.0. The van der Waals surface area contributed by atoms with Crippen molar-refractivity contribution in [3.05, 3.63) is 73.0 Å². The van der Waals surface area contributed by atoms with Crippen molar-refractivity contribution in [1.29, 1.82) is 0 Å². The van der Waals surface area contributed by atoms with Gasteiger partial charge in [-0.2, -0.15) is 0 Å². The normalized spacial score (nSPS) is 11.3. The highest BCUT2D eigenvalue weighted by Crippen LogP contribution is 2.27. The van der Waals surface area contributed by atoms with Crippen LogP contribution in [0.5, 0.6) is 0 Å². The molecule has 0 amide bonds. The quantitative estimate of drug-likeness (QED) is 0.364. The van der Waals surface area contributed by atoms with Crippen LogP contribution in [0.2, 0.25) is 0 Å². The molecule has 118 valence electrons. The molecule has 0 fully saturated rings. The molecular weight excluding hydrogens is 304 g/mol. The van der Waals surface area contributed by atoms with Gasteiger partial charge in [0.1, 0.15) is 5.69 Å². The van der Waals surface area contributed by atoms with Gasteiger partial charge in [-0.15, -0.1) is 0 Å². The van der Waals surface area contributed by atoms with Gasteiger partial charge in [0.05, 0.1) is 15.9 Å². The van der Waals surface area contributed by atoms with E-state index in [0.29, 0.717) is 11.1 Å². The summed E-state index contributed by atoms with van der Waals surface area (Å²) in [6.45, 7) is 3.12. The number of nitrogens with zero attached hydrogens (tertiary/aromatic N) is 4. The third-order valence-electron chi connectivity index (χ3n) is 3.21. The van der Waals surface area contributed by atoms with E-state index in [2.05, 4.69) is 5.11 Å². The van der Waals surface area contributed by atoms with E-state index in [4.69, 9.17) is 0 Å². The molecule has 0 saturated heterocycles. The van der Waals surface area contributed by atoms with Gasteiger partial charge in [0.15, 0.2) is 0 Å². The summed E-state index contributed by atoms with van der Waals surface area (Å²) in [6, 6.07) is 8.03. The number of hydrogen-bond donors (Lipinski definition) is 0. The number of nitro groups is 2. The molecule has 0 aromatic heterocycles.